The summed E-state index contributed by atoms with van der Waals surface area (Å²) >= 11 is 1.73. The summed E-state index contributed by atoms with van der Waals surface area (Å²) in [6.45, 7) is 12.9. The molecule has 0 atom stereocenters. The lowest BCUT2D eigenvalue weighted by molar-refractivity contribution is -0.0395. The van der Waals surface area contributed by atoms with E-state index in [0.717, 1.165) is 92.0 Å². The first-order chi connectivity index (χ1) is 16.6. The van der Waals surface area contributed by atoms with Gasteiger partial charge < -0.3 is 19.7 Å². The minimum absolute atomic E-state index is 0.189. The van der Waals surface area contributed by atoms with Gasteiger partial charge >= 0.3 is 0 Å². The van der Waals surface area contributed by atoms with Gasteiger partial charge in [-0.15, -0.1) is 11.3 Å². The Morgan fingerprint density at radius 3 is 2.74 bits per heavy atom. The van der Waals surface area contributed by atoms with Crippen LogP contribution in [0.3, 0.4) is 0 Å². The van der Waals surface area contributed by atoms with E-state index in [4.69, 9.17) is 19.4 Å². The largest absolute Gasteiger partial charge is 0.379 e. The van der Waals surface area contributed by atoms with Crippen molar-refractivity contribution in [3.05, 3.63) is 17.5 Å². The Bertz CT molecular complexity index is 1180. The maximum atomic E-state index is 6.25. The van der Waals surface area contributed by atoms with Crippen molar-refractivity contribution in [1.29, 1.82) is 0 Å². The molecule has 6 rings (SSSR count). The molecule has 182 valence electrons. The maximum Gasteiger partial charge on any atom is 0.147 e. The Morgan fingerprint density at radius 2 is 1.91 bits per heavy atom. The Labute approximate surface area is 204 Å². The van der Waals surface area contributed by atoms with E-state index in [1.165, 1.54) is 29.4 Å². The topological polar surface area (TPSA) is 75.6 Å². The van der Waals surface area contributed by atoms with Crippen LogP contribution in [-0.2, 0) is 22.5 Å². The van der Waals surface area contributed by atoms with Crippen LogP contribution in [0.4, 0.5) is 11.6 Å². The Morgan fingerprint density at radius 1 is 1.09 bits per heavy atom. The molecule has 34 heavy (non-hydrogen) atoms. The van der Waals surface area contributed by atoms with E-state index >= 15 is 0 Å². The van der Waals surface area contributed by atoms with Crippen LogP contribution in [0.1, 0.15) is 44.2 Å². The monoisotopic (exact) mass is 482 g/mol. The molecule has 0 radical (unpaired) electrons. The molecule has 0 aromatic carbocycles. The number of hydrogen-bond donors (Lipinski definition) is 1. The minimum Gasteiger partial charge on any atom is -0.379 e. The van der Waals surface area contributed by atoms with Crippen LogP contribution < -0.4 is 10.2 Å². The van der Waals surface area contributed by atoms with Gasteiger partial charge in [0.15, 0.2) is 0 Å². The fourth-order valence-electron chi connectivity index (χ4n) is 5.44. The normalized spacial score (nSPS) is 20.8. The standard InChI is InChI=1S/C25H34N6O2S/c1-25(2)14-17-18(15-33-25)23(31-8-3-4-9-31)29-24-19(17)20-21(34-24)22(28-16-27-20)26-6-5-7-30-10-12-32-13-11-30/h16H,3-15H2,1-2H3,(H,26,27,28). The van der Waals surface area contributed by atoms with Gasteiger partial charge in [0.25, 0.3) is 0 Å². The average Bonchev–Trinajstić information content (AvgIpc) is 3.50. The summed E-state index contributed by atoms with van der Waals surface area (Å²) in [7, 11) is 0. The molecule has 2 fully saturated rings. The van der Waals surface area contributed by atoms with Gasteiger partial charge in [-0.1, -0.05) is 0 Å². The van der Waals surface area contributed by atoms with Crippen molar-refractivity contribution in [1.82, 2.24) is 19.9 Å². The summed E-state index contributed by atoms with van der Waals surface area (Å²) in [4.78, 5) is 20.6. The number of nitrogens with zero attached hydrogens (tertiary/aromatic N) is 5. The lowest BCUT2D eigenvalue weighted by Gasteiger charge is -2.34. The summed E-state index contributed by atoms with van der Waals surface area (Å²) in [5, 5.41) is 4.79. The fraction of sp³-hybridized carbons (Fsp3) is 0.640. The Hall–Kier alpha value is -2.07. The van der Waals surface area contributed by atoms with Crippen LogP contribution in [0.15, 0.2) is 6.33 Å². The highest BCUT2D eigenvalue weighted by Gasteiger charge is 2.33. The van der Waals surface area contributed by atoms with E-state index in [2.05, 4.69) is 33.9 Å². The number of anilines is 2. The van der Waals surface area contributed by atoms with Crippen molar-refractivity contribution in [2.24, 2.45) is 0 Å². The predicted octanol–water partition coefficient (Wildman–Crippen LogP) is 3.83. The van der Waals surface area contributed by atoms with Crippen LogP contribution in [0.25, 0.3) is 20.4 Å². The van der Waals surface area contributed by atoms with E-state index < -0.39 is 0 Å². The fourth-order valence-corrected chi connectivity index (χ4v) is 6.56. The second-order valence-corrected chi connectivity index (χ2v) is 11.2. The lowest BCUT2D eigenvalue weighted by Crippen LogP contribution is -2.37. The first kappa shape index (κ1) is 22.4. The number of hydrogen-bond acceptors (Lipinski definition) is 9. The Balaban J connectivity index is 1.34. The zero-order valence-corrected chi connectivity index (χ0v) is 21.0. The van der Waals surface area contributed by atoms with Crippen molar-refractivity contribution < 1.29 is 9.47 Å². The Kier molecular flexibility index (Phi) is 6.05. The molecule has 0 bridgehead atoms. The summed E-state index contributed by atoms with van der Waals surface area (Å²) < 4.78 is 12.8. The first-order valence-corrected chi connectivity index (χ1v) is 13.4. The SMILES string of the molecule is CC1(C)Cc2c(c(N3CCCC3)nc3sc4c(NCCCN5CCOCC5)ncnc4c23)CO1. The second kappa shape index (κ2) is 9.18. The molecule has 1 N–H and O–H groups in total. The van der Waals surface area contributed by atoms with Crippen molar-refractivity contribution in [3.63, 3.8) is 0 Å². The highest BCUT2D eigenvalue weighted by Crippen LogP contribution is 2.44. The predicted molar refractivity (Wildman–Crippen MR) is 137 cm³/mol. The van der Waals surface area contributed by atoms with Gasteiger partial charge in [-0.2, -0.15) is 0 Å². The van der Waals surface area contributed by atoms with Crippen LogP contribution in [-0.4, -0.2) is 77.9 Å². The van der Waals surface area contributed by atoms with Gasteiger partial charge in [-0.25, -0.2) is 15.0 Å². The summed E-state index contributed by atoms with van der Waals surface area (Å²) in [6.07, 6.45) is 6.12. The second-order valence-electron chi connectivity index (χ2n) is 10.2. The molecule has 3 aliphatic rings. The molecule has 0 spiro atoms. The number of fused-ring (bicyclic) bond motifs is 5. The van der Waals surface area contributed by atoms with E-state index in [0.29, 0.717) is 6.61 Å². The first-order valence-electron chi connectivity index (χ1n) is 12.6. The van der Waals surface area contributed by atoms with E-state index in [1.807, 2.05) is 0 Å². The van der Waals surface area contributed by atoms with E-state index in [-0.39, 0.29) is 5.60 Å². The number of thiophene rings is 1. The third-order valence-electron chi connectivity index (χ3n) is 7.26. The molecule has 3 aromatic heterocycles. The van der Waals surface area contributed by atoms with E-state index in [9.17, 15) is 0 Å². The molecule has 0 saturated carbocycles. The zero-order valence-electron chi connectivity index (χ0n) is 20.2. The minimum atomic E-state index is -0.189. The van der Waals surface area contributed by atoms with Gasteiger partial charge in [0, 0.05) is 50.1 Å². The van der Waals surface area contributed by atoms with Crippen LogP contribution in [0.2, 0.25) is 0 Å². The van der Waals surface area contributed by atoms with Crippen molar-refractivity contribution >= 4 is 43.4 Å². The third-order valence-corrected chi connectivity index (χ3v) is 8.34. The van der Waals surface area contributed by atoms with Crippen molar-refractivity contribution in [3.8, 4) is 0 Å². The average molecular weight is 483 g/mol. The number of rotatable bonds is 6. The smallest absolute Gasteiger partial charge is 0.147 e. The molecule has 6 heterocycles. The molecule has 0 unspecified atom stereocenters. The van der Waals surface area contributed by atoms with E-state index in [1.54, 1.807) is 17.7 Å². The van der Waals surface area contributed by atoms with Gasteiger partial charge in [0.05, 0.1) is 35.6 Å². The molecular weight excluding hydrogens is 448 g/mol. The van der Waals surface area contributed by atoms with Crippen molar-refractivity contribution in [2.45, 2.75) is 51.7 Å². The number of aromatic nitrogens is 3. The summed E-state index contributed by atoms with van der Waals surface area (Å²) in [5.74, 6) is 2.05. The lowest BCUT2D eigenvalue weighted by atomic mass is 9.90. The van der Waals surface area contributed by atoms with Crippen LogP contribution in [0.5, 0.6) is 0 Å². The van der Waals surface area contributed by atoms with Gasteiger partial charge in [-0.05, 0) is 45.2 Å². The molecule has 2 saturated heterocycles. The maximum absolute atomic E-state index is 6.25. The van der Waals surface area contributed by atoms with Gasteiger partial charge in [0.2, 0.25) is 0 Å². The number of nitrogens with one attached hydrogen (secondary N) is 1. The molecule has 0 amide bonds. The molecule has 8 nitrogen and oxygen atoms in total. The molecule has 3 aromatic rings. The number of morpholine rings is 1. The molecular formula is C25H34N6O2S. The van der Waals surface area contributed by atoms with Gasteiger partial charge in [-0.3, -0.25) is 4.90 Å². The molecule has 9 heteroatoms. The highest BCUT2D eigenvalue weighted by molar-refractivity contribution is 7.26. The van der Waals surface area contributed by atoms with Crippen LogP contribution in [0, 0.1) is 0 Å². The van der Waals surface area contributed by atoms with Gasteiger partial charge in [0.1, 0.15) is 22.8 Å². The summed E-state index contributed by atoms with van der Waals surface area (Å²) in [6, 6.07) is 0. The summed E-state index contributed by atoms with van der Waals surface area (Å²) in [5.41, 5.74) is 3.46. The number of pyridine rings is 1. The third kappa shape index (κ3) is 4.23. The molecule has 3 aliphatic heterocycles. The molecule has 0 aliphatic carbocycles. The van der Waals surface area contributed by atoms with Crippen molar-refractivity contribution in [2.75, 3.05) is 62.7 Å². The number of ether oxygens (including phenoxy) is 2. The quantitative estimate of drug-likeness (QED) is 0.532. The van der Waals surface area contributed by atoms with Crippen LogP contribution >= 0.6 is 11.3 Å². The zero-order chi connectivity index (χ0) is 23.1. The highest BCUT2D eigenvalue weighted by atomic mass is 32.1.